The second-order valence-electron chi connectivity index (χ2n) is 4.28. The van der Waals surface area contributed by atoms with E-state index >= 15 is 0 Å². The molecule has 0 bridgehead atoms. The number of hydrogen-bond acceptors (Lipinski definition) is 5. The van der Waals surface area contributed by atoms with Crippen LogP contribution in [0, 0.1) is 0 Å². The number of rotatable bonds is 3. The zero-order valence-corrected chi connectivity index (χ0v) is 9.75. The molecule has 0 spiro atoms. The minimum absolute atomic E-state index is 0.207. The SMILES string of the molecule is CC1(C)N[C@@H](C[C@@H](O)c2nccs2)CO1. The van der Waals surface area contributed by atoms with Crippen molar-refractivity contribution in [3.8, 4) is 0 Å². The summed E-state index contributed by atoms with van der Waals surface area (Å²) in [6.45, 7) is 4.63. The third kappa shape index (κ3) is 2.75. The van der Waals surface area contributed by atoms with E-state index in [1.165, 1.54) is 11.3 Å². The Morgan fingerprint density at radius 2 is 2.60 bits per heavy atom. The van der Waals surface area contributed by atoms with E-state index in [1.807, 2.05) is 19.2 Å². The van der Waals surface area contributed by atoms with Gasteiger partial charge in [0.2, 0.25) is 0 Å². The fraction of sp³-hybridized carbons (Fsp3) is 0.700. The average Bonchev–Trinajstić information content (AvgIpc) is 2.74. The van der Waals surface area contributed by atoms with E-state index in [2.05, 4.69) is 10.3 Å². The number of aromatic nitrogens is 1. The van der Waals surface area contributed by atoms with Crippen LogP contribution in [-0.2, 0) is 4.74 Å². The van der Waals surface area contributed by atoms with Crippen LogP contribution < -0.4 is 5.32 Å². The summed E-state index contributed by atoms with van der Waals surface area (Å²) in [5.41, 5.74) is -0.271. The molecule has 0 radical (unpaired) electrons. The van der Waals surface area contributed by atoms with Crippen molar-refractivity contribution >= 4 is 11.3 Å². The van der Waals surface area contributed by atoms with Gasteiger partial charge in [-0.2, -0.15) is 0 Å². The fourth-order valence-electron chi connectivity index (χ4n) is 1.78. The standard InChI is InChI=1S/C10H16N2O2S/c1-10(2)12-7(6-14-10)5-8(13)9-11-3-4-15-9/h3-4,7-8,12-13H,5-6H2,1-2H3/t7-,8+/m0/s1. The van der Waals surface area contributed by atoms with E-state index in [9.17, 15) is 5.11 Å². The first-order valence-corrected chi connectivity index (χ1v) is 5.94. The quantitative estimate of drug-likeness (QED) is 0.818. The number of ether oxygens (including phenoxy) is 1. The van der Waals surface area contributed by atoms with Gasteiger partial charge in [0.25, 0.3) is 0 Å². The van der Waals surface area contributed by atoms with E-state index in [0.29, 0.717) is 13.0 Å². The molecule has 0 aliphatic carbocycles. The second-order valence-corrected chi connectivity index (χ2v) is 5.21. The number of aliphatic hydroxyl groups is 1. The molecule has 0 amide bonds. The van der Waals surface area contributed by atoms with E-state index in [1.54, 1.807) is 6.20 Å². The Morgan fingerprint density at radius 3 is 3.13 bits per heavy atom. The van der Waals surface area contributed by atoms with Gasteiger partial charge in [-0.15, -0.1) is 11.3 Å². The van der Waals surface area contributed by atoms with Gasteiger partial charge in [0.1, 0.15) is 16.8 Å². The Morgan fingerprint density at radius 1 is 1.80 bits per heavy atom. The molecular weight excluding hydrogens is 212 g/mol. The summed E-state index contributed by atoms with van der Waals surface area (Å²) in [5.74, 6) is 0. The van der Waals surface area contributed by atoms with Crippen LogP contribution in [0.1, 0.15) is 31.4 Å². The molecule has 0 saturated carbocycles. The molecule has 0 unspecified atom stereocenters. The molecule has 2 heterocycles. The van der Waals surface area contributed by atoms with Crippen LogP contribution in [0.5, 0.6) is 0 Å². The predicted octanol–water partition coefficient (Wildman–Crippen LogP) is 1.29. The highest BCUT2D eigenvalue weighted by molar-refractivity contribution is 7.09. The van der Waals surface area contributed by atoms with Crippen molar-refractivity contribution in [2.45, 2.75) is 38.1 Å². The molecular formula is C10H16N2O2S. The highest BCUT2D eigenvalue weighted by Crippen LogP contribution is 2.24. The summed E-state index contributed by atoms with van der Waals surface area (Å²) in [4.78, 5) is 4.09. The highest BCUT2D eigenvalue weighted by atomic mass is 32.1. The van der Waals surface area contributed by atoms with Crippen LogP contribution in [0.2, 0.25) is 0 Å². The molecule has 1 aliphatic heterocycles. The van der Waals surface area contributed by atoms with Gasteiger partial charge in [-0.1, -0.05) is 0 Å². The molecule has 1 aliphatic rings. The second kappa shape index (κ2) is 4.17. The molecule has 0 aromatic carbocycles. The summed E-state index contributed by atoms with van der Waals surface area (Å²) >= 11 is 1.48. The van der Waals surface area contributed by atoms with Crippen LogP contribution in [0.25, 0.3) is 0 Å². The van der Waals surface area contributed by atoms with E-state index in [-0.39, 0.29) is 11.8 Å². The van der Waals surface area contributed by atoms with Crippen LogP contribution >= 0.6 is 11.3 Å². The molecule has 15 heavy (non-hydrogen) atoms. The van der Waals surface area contributed by atoms with Gasteiger partial charge in [0, 0.05) is 17.6 Å². The molecule has 1 fully saturated rings. The van der Waals surface area contributed by atoms with Crippen LogP contribution in [0.15, 0.2) is 11.6 Å². The predicted molar refractivity (Wildman–Crippen MR) is 58.6 cm³/mol. The lowest BCUT2D eigenvalue weighted by molar-refractivity contribution is 0.0229. The zero-order valence-electron chi connectivity index (χ0n) is 8.93. The normalized spacial score (nSPS) is 26.7. The Balaban J connectivity index is 1.88. The van der Waals surface area contributed by atoms with Crippen molar-refractivity contribution in [3.05, 3.63) is 16.6 Å². The molecule has 1 saturated heterocycles. The molecule has 2 atom stereocenters. The molecule has 2 N–H and O–H groups in total. The number of hydrogen-bond donors (Lipinski definition) is 2. The Kier molecular flexibility index (Phi) is 3.06. The van der Waals surface area contributed by atoms with Crippen molar-refractivity contribution in [1.29, 1.82) is 0 Å². The van der Waals surface area contributed by atoms with Gasteiger partial charge in [-0.05, 0) is 20.3 Å². The van der Waals surface area contributed by atoms with E-state index in [0.717, 1.165) is 5.01 Å². The molecule has 1 aromatic rings. The number of nitrogens with zero attached hydrogens (tertiary/aromatic N) is 1. The molecule has 1 aromatic heterocycles. The number of thiazole rings is 1. The summed E-state index contributed by atoms with van der Waals surface area (Å²) in [6, 6.07) is 0.207. The van der Waals surface area contributed by atoms with Crippen molar-refractivity contribution in [2.24, 2.45) is 0 Å². The van der Waals surface area contributed by atoms with Crippen molar-refractivity contribution in [1.82, 2.24) is 10.3 Å². The highest BCUT2D eigenvalue weighted by Gasteiger charge is 2.32. The average molecular weight is 228 g/mol. The first-order chi connectivity index (χ1) is 7.07. The summed E-state index contributed by atoms with van der Waals surface area (Å²) in [7, 11) is 0. The van der Waals surface area contributed by atoms with Gasteiger partial charge in [-0.25, -0.2) is 4.98 Å². The van der Waals surface area contributed by atoms with Gasteiger partial charge in [0.05, 0.1) is 6.61 Å². The van der Waals surface area contributed by atoms with Crippen LogP contribution in [0.3, 0.4) is 0 Å². The molecule has 5 heteroatoms. The minimum Gasteiger partial charge on any atom is -0.386 e. The Bertz CT molecular complexity index is 313. The van der Waals surface area contributed by atoms with Gasteiger partial charge in [0.15, 0.2) is 0 Å². The third-order valence-electron chi connectivity index (χ3n) is 2.44. The Labute approximate surface area is 93.3 Å². The van der Waals surface area contributed by atoms with Gasteiger partial charge >= 0.3 is 0 Å². The van der Waals surface area contributed by atoms with Crippen LogP contribution in [0.4, 0.5) is 0 Å². The topological polar surface area (TPSA) is 54.4 Å². The van der Waals surface area contributed by atoms with Crippen molar-refractivity contribution < 1.29 is 9.84 Å². The summed E-state index contributed by atoms with van der Waals surface area (Å²) < 4.78 is 5.53. The maximum absolute atomic E-state index is 9.89. The maximum atomic E-state index is 9.89. The Hall–Kier alpha value is -0.490. The van der Waals surface area contributed by atoms with E-state index < -0.39 is 6.10 Å². The smallest absolute Gasteiger partial charge is 0.121 e. The van der Waals surface area contributed by atoms with Gasteiger partial charge < -0.3 is 9.84 Å². The zero-order chi connectivity index (χ0) is 10.9. The number of aliphatic hydroxyl groups excluding tert-OH is 1. The molecule has 4 nitrogen and oxygen atoms in total. The van der Waals surface area contributed by atoms with Crippen LogP contribution in [-0.4, -0.2) is 28.5 Å². The lowest BCUT2D eigenvalue weighted by Gasteiger charge is -2.19. The van der Waals surface area contributed by atoms with Gasteiger partial charge in [-0.3, -0.25) is 5.32 Å². The summed E-state index contributed by atoms with van der Waals surface area (Å²) in [5, 5.41) is 15.9. The molecule has 2 rings (SSSR count). The first-order valence-electron chi connectivity index (χ1n) is 5.06. The van der Waals surface area contributed by atoms with Crippen molar-refractivity contribution in [3.63, 3.8) is 0 Å². The number of nitrogens with one attached hydrogen (secondary N) is 1. The lowest BCUT2D eigenvalue weighted by Crippen LogP contribution is -2.38. The molecule has 84 valence electrons. The first kappa shape index (κ1) is 11.0. The lowest BCUT2D eigenvalue weighted by atomic mass is 10.1. The third-order valence-corrected chi connectivity index (χ3v) is 3.32. The minimum atomic E-state index is -0.486. The van der Waals surface area contributed by atoms with E-state index in [4.69, 9.17) is 4.74 Å². The summed E-state index contributed by atoms with van der Waals surface area (Å²) in [6.07, 6.45) is 1.88. The monoisotopic (exact) mass is 228 g/mol. The fourth-order valence-corrected chi connectivity index (χ4v) is 2.42. The van der Waals surface area contributed by atoms with Crippen molar-refractivity contribution in [2.75, 3.05) is 6.61 Å². The largest absolute Gasteiger partial charge is 0.386 e. The maximum Gasteiger partial charge on any atom is 0.121 e.